The number of benzene rings is 1. The highest BCUT2D eigenvalue weighted by Crippen LogP contribution is 2.11. The maximum atomic E-state index is 12.7. The Bertz CT molecular complexity index is 1380. The number of ether oxygens (including phenoxy) is 2. The number of nitrogens with zero attached hydrogens (tertiary/aromatic N) is 3. The number of hydrogen-bond donors (Lipinski definition) is 5. The highest BCUT2D eigenvalue weighted by molar-refractivity contribution is 5.96. The largest absolute Gasteiger partial charge is 0.480 e. The molecule has 0 fully saturated rings. The zero-order valence-corrected chi connectivity index (χ0v) is 22.6. The van der Waals surface area contributed by atoms with Crippen molar-refractivity contribution in [1.82, 2.24) is 25.3 Å². The summed E-state index contributed by atoms with van der Waals surface area (Å²) in [5.41, 5.74) is 12.4. The third-order valence-corrected chi connectivity index (χ3v) is 6.07. The Kier molecular flexibility index (Phi) is 12.3. The first-order chi connectivity index (χ1) is 19.8. The molecule has 0 spiro atoms. The molecule has 0 aliphatic heterocycles. The molecule has 41 heavy (non-hydrogen) atoms. The number of fused-ring (bicyclic) bond motifs is 1. The second kappa shape index (κ2) is 16.1. The number of amides is 1. The van der Waals surface area contributed by atoms with Crippen molar-refractivity contribution in [3.8, 4) is 0 Å². The van der Waals surface area contributed by atoms with E-state index < -0.39 is 23.5 Å². The molecule has 220 valence electrons. The number of carboxylic acid groups (broad SMARTS) is 1. The van der Waals surface area contributed by atoms with E-state index in [9.17, 15) is 24.3 Å². The molecule has 1 aromatic carbocycles. The Morgan fingerprint density at radius 3 is 2.44 bits per heavy atom. The molecule has 0 saturated carbocycles. The molecule has 7 N–H and O–H groups in total. The summed E-state index contributed by atoms with van der Waals surface area (Å²) in [6, 6.07) is 5.51. The van der Waals surface area contributed by atoms with E-state index in [0.717, 1.165) is 5.56 Å². The van der Waals surface area contributed by atoms with Crippen LogP contribution < -0.4 is 22.3 Å². The van der Waals surface area contributed by atoms with E-state index in [1.54, 1.807) is 24.3 Å². The first-order valence-electron chi connectivity index (χ1n) is 13.3. The summed E-state index contributed by atoms with van der Waals surface area (Å²) in [6.07, 6.45) is 3.38. The summed E-state index contributed by atoms with van der Waals surface area (Å²) in [6.45, 7) is 2.17. The van der Waals surface area contributed by atoms with Crippen LogP contribution in [0.25, 0.3) is 11.2 Å². The predicted octanol–water partition coefficient (Wildman–Crippen LogP) is 0.385. The molecular weight excluding hydrogens is 534 g/mol. The van der Waals surface area contributed by atoms with Crippen molar-refractivity contribution in [3.63, 3.8) is 0 Å². The molecule has 0 aliphatic carbocycles. The molecule has 1 amide bonds. The molecule has 2 aromatic heterocycles. The first-order valence-corrected chi connectivity index (χ1v) is 13.3. The molecule has 0 bridgehead atoms. The van der Waals surface area contributed by atoms with Crippen molar-refractivity contribution >= 4 is 34.8 Å². The number of H-pyrrole nitrogens is 1. The van der Waals surface area contributed by atoms with E-state index in [2.05, 4.69) is 25.3 Å². The average molecular weight is 570 g/mol. The zero-order chi connectivity index (χ0) is 29.6. The van der Waals surface area contributed by atoms with Gasteiger partial charge in [0.15, 0.2) is 11.2 Å². The first kappa shape index (κ1) is 31.3. The Morgan fingerprint density at radius 2 is 1.73 bits per heavy atom. The van der Waals surface area contributed by atoms with Crippen LogP contribution in [-0.2, 0) is 31.9 Å². The molecule has 0 radical (unpaired) electrons. The lowest BCUT2D eigenvalue weighted by Gasteiger charge is -2.14. The minimum absolute atomic E-state index is 0.0104. The molecule has 3 rings (SSSR count). The fourth-order valence-corrected chi connectivity index (χ4v) is 3.89. The lowest BCUT2D eigenvalue weighted by atomic mass is 10.0. The summed E-state index contributed by atoms with van der Waals surface area (Å²) >= 11 is 0. The van der Waals surface area contributed by atoms with Crippen molar-refractivity contribution in [3.05, 3.63) is 57.6 Å². The van der Waals surface area contributed by atoms with Crippen molar-refractivity contribution < 1.29 is 29.0 Å². The lowest BCUT2D eigenvalue weighted by molar-refractivity contribution is -0.139. The van der Waals surface area contributed by atoms with Gasteiger partial charge in [-0.25, -0.2) is 14.8 Å². The fraction of sp³-hybridized carbons (Fsp3) is 0.444. The van der Waals surface area contributed by atoms with Crippen LogP contribution in [0.5, 0.6) is 0 Å². The van der Waals surface area contributed by atoms with Gasteiger partial charge >= 0.3 is 5.97 Å². The highest BCUT2D eigenvalue weighted by Gasteiger charge is 2.21. The van der Waals surface area contributed by atoms with Gasteiger partial charge in [0.1, 0.15) is 11.8 Å². The second-order valence-corrected chi connectivity index (χ2v) is 9.24. The second-order valence-electron chi connectivity index (χ2n) is 9.24. The van der Waals surface area contributed by atoms with Gasteiger partial charge in [0.2, 0.25) is 5.95 Å². The molecule has 0 unspecified atom stereocenters. The standard InChI is InChI=1S/C27H35N7O7/c28-11-13-41-15-14-40-12-1-2-20(35)9-10-21(26(38)39)32-24(36)18-6-3-17(4-7-18)5-8-19-16-30-23-22(31-19)25(37)34-27(29)33-23/h3-4,6-7,16,21H,1-2,5,8-15,28H2,(H,32,36)(H,38,39)(H3,29,30,33,34,37)/t21-/m0/s1. The molecular formula is C27H35N7O7. The summed E-state index contributed by atoms with van der Waals surface area (Å²) in [7, 11) is 0. The number of aryl methyl sites for hydroxylation is 2. The van der Waals surface area contributed by atoms with E-state index in [0.29, 0.717) is 63.5 Å². The summed E-state index contributed by atoms with van der Waals surface area (Å²) in [5.74, 6) is -1.89. The number of Topliss-reactive ketones (excluding diaryl/α,β-unsaturated/α-hetero) is 1. The van der Waals surface area contributed by atoms with Gasteiger partial charge in [-0.2, -0.15) is 4.98 Å². The van der Waals surface area contributed by atoms with Crippen LogP contribution in [-0.4, -0.2) is 81.7 Å². The normalized spacial score (nSPS) is 11.8. The Balaban J connectivity index is 1.42. The van der Waals surface area contributed by atoms with Gasteiger partial charge < -0.3 is 31.4 Å². The van der Waals surface area contributed by atoms with E-state index in [4.69, 9.17) is 20.9 Å². The molecule has 0 saturated heterocycles. The Labute approximate surface area is 235 Å². The molecule has 1 atom stereocenters. The highest BCUT2D eigenvalue weighted by atomic mass is 16.5. The minimum atomic E-state index is -1.21. The van der Waals surface area contributed by atoms with Crippen molar-refractivity contribution in [2.24, 2.45) is 5.73 Å². The predicted molar refractivity (Wildman–Crippen MR) is 149 cm³/mol. The van der Waals surface area contributed by atoms with Crippen LogP contribution in [0.15, 0.2) is 35.3 Å². The maximum absolute atomic E-state index is 12.7. The van der Waals surface area contributed by atoms with Crippen LogP contribution in [0.4, 0.5) is 5.95 Å². The number of nitrogen functional groups attached to an aromatic ring is 1. The number of carbonyl (C=O) groups is 3. The number of nitrogens with one attached hydrogen (secondary N) is 2. The van der Waals surface area contributed by atoms with Crippen molar-refractivity contribution in [2.45, 2.75) is 44.6 Å². The number of anilines is 1. The SMILES string of the molecule is NCCOCCOCCCC(=O)CC[C@H](NC(=O)c1ccc(CCc2cnc3nc(N)[nH]c(=O)c3n2)cc1)C(=O)O. The molecule has 3 aromatic rings. The summed E-state index contributed by atoms with van der Waals surface area (Å²) in [4.78, 5) is 63.3. The van der Waals surface area contributed by atoms with Crippen molar-refractivity contribution in [2.75, 3.05) is 38.7 Å². The molecule has 2 heterocycles. The number of nitrogens with two attached hydrogens (primary N) is 2. The van der Waals surface area contributed by atoms with Crippen LogP contribution in [0.3, 0.4) is 0 Å². The maximum Gasteiger partial charge on any atom is 0.326 e. The van der Waals surface area contributed by atoms with Gasteiger partial charge in [0, 0.05) is 31.6 Å². The van der Waals surface area contributed by atoms with Gasteiger partial charge in [-0.3, -0.25) is 19.4 Å². The van der Waals surface area contributed by atoms with E-state index >= 15 is 0 Å². The number of aliphatic carboxylic acids is 1. The molecule has 0 aliphatic rings. The fourth-order valence-electron chi connectivity index (χ4n) is 3.89. The van der Waals surface area contributed by atoms with E-state index in [1.165, 1.54) is 6.20 Å². The van der Waals surface area contributed by atoms with E-state index in [-0.39, 0.29) is 42.2 Å². The number of carboxylic acids is 1. The lowest BCUT2D eigenvalue weighted by Crippen LogP contribution is -2.41. The smallest absolute Gasteiger partial charge is 0.326 e. The number of rotatable bonds is 18. The number of ketones is 1. The van der Waals surface area contributed by atoms with Gasteiger partial charge in [-0.15, -0.1) is 0 Å². The number of aromatic amines is 1. The number of aromatic nitrogens is 4. The Hall–Kier alpha value is -4.27. The quantitative estimate of drug-likeness (QED) is 0.131. The monoisotopic (exact) mass is 569 g/mol. The third-order valence-electron chi connectivity index (χ3n) is 6.07. The van der Waals surface area contributed by atoms with Crippen LogP contribution in [0.2, 0.25) is 0 Å². The Morgan fingerprint density at radius 1 is 1.00 bits per heavy atom. The van der Waals surface area contributed by atoms with Crippen LogP contribution >= 0.6 is 0 Å². The van der Waals surface area contributed by atoms with Crippen LogP contribution in [0, 0.1) is 0 Å². The third kappa shape index (κ3) is 10.3. The van der Waals surface area contributed by atoms with Gasteiger partial charge in [-0.1, -0.05) is 12.1 Å². The number of hydrogen-bond acceptors (Lipinski definition) is 11. The topological polar surface area (TPSA) is 225 Å². The molecule has 14 heteroatoms. The van der Waals surface area contributed by atoms with Gasteiger partial charge in [-0.05, 0) is 43.4 Å². The van der Waals surface area contributed by atoms with Gasteiger partial charge in [0.05, 0.1) is 31.7 Å². The minimum Gasteiger partial charge on any atom is -0.480 e. The molecule has 14 nitrogen and oxygen atoms in total. The summed E-state index contributed by atoms with van der Waals surface area (Å²) < 4.78 is 10.6. The van der Waals surface area contributed by atoms with E-state index in [1.807, 2.05) is 0 Å². The number of carbonyl (C=O) groups excluding carboxylic acids is 2. The van der Waals surface area contributed by atoms with Crippen LogP contribution in [0.1, 0.15) is 47.3 Å². The zero-order valence-electron chi connectivity index (χ0n) is 22.6. The summed E-state index contributed by atoms with van der Waals surface area (Å²) in [5, 5.41) is 12.0. The van der Waals surface area contributed by atoms with Gasteiger partial charge in [0.25, 0.3) is 11.5 Å². The van der Waals surface area contributed by atoms with Crippen molar-refractivity contribution in [1.29, 1.82) is 0 Å². The average Bonchev–Trinajstić information content (AvgIpc) is 2.95.